The molecule has 1 spiro atoms. The minimum Gasteiger partial charge on any atom is -0.325 e. The van der Waals surface area contributed by atoms with E-state index in [0.29, 0.717) is 29.9 Å². The van der Waals surface area contributed by atoms with E-state index in [4.69, 9.17) is 5.41 Å². The quantitative estimate of drug-likeness (QED) is 0.682. The van der Waals surface area contributed by atoms with Gasteiger partial charge >= 0.3 is 0 Å². The molecule has 132 valence electrons. The molecule has 4 rings (SSSR count). The van der Waals surface area contributed by atoms with Crippen molar-refractivity contribution in [1.82, 2.24) is 4.90 Å². The van der Waals surface area contributed by atoms with E-state index in [0.717, 1.165) is 0 Å². The van der Waals surface area contributed by atoms with Crippen molar-refractivity contribution >= 4 is 17.3 Å². The molecule has 0 radical (unpaired) electrons. The molecule has 1 saturated carbocycles. The Labute approximate surface area is 156 Å². The summed E-state index contributed by atoms with van der Waals surface area (Å²) in [7, 11) is 1.89. The Morgan fingerprint density at radius 2 is 1.96 bits per heavy atom. The first-order valence-electron chi connectivity index (χ1n) is 8.58. The fourth-order valence-electron chi connectivity index (χ4n) is 4.92. The van der Waals surface area contributed by atoms with Gasteiger partial charge in [-0.25, -0.2) is 0 Å². The van der Waals surface area contributed by atoms with E-state index >= 15 is 0 Å². The molecular formula is C20H16N6O. The smallest absolute Gasteiger partial charge is 0.238 e. The molecule has 0 aromatic heterocycles. The molecule has 2 heterocycles. The molecule has 1 aromatic carbocycles. The van der Waals surface area contributed by atoms with Gasteiger partial charge in [-0.1, -0.05) is 24.3 Å². The number of hydrogen-bond donors (Lipinski definition) is 2. The molecule has 1 fully saturated rings. The first-order valence-corrected chi connectivity index (χ1v) is 8.58. The minimum absolute atomic E-state index is 0.311. The van der Waals surface area contributed by atoms with E-state index in [2.05, 4.69) is 11.4 Å². The van der Waals surface area contributed by atoms with E-state index in [-0.39, 0.29) is 5.71 Å². The third-order valence-corrected chi connectivity index (χ3v) is 6.10. The van der Waals surface area contributed by atoms with E-state index in [1.54, 1.807) is 24.3 Å². The highest BCUT2D eigenvalue weighted by atomic mass is 16.2. The average molecular weight is 356 g/mol. The second-order valence-corrected chi connectivity index (χ2v) is 7.24. The van der Waals surface area contributed by atoms with Gasteiger partial charge in [-0.05, 0) is 24.3 Å². The number of amides is 1. The number of carbonyl (C=O) groups excluding carboxylic acids is 1. The maximum Gasteiger partial charge on any atom is 0.238 e. The Balaban J connectivity index is 2.14. The number of likely N-dealkylation sites (N-methyl/N-ethyl adjacent to an activating group) is 1. The monoisotopic (exact) mass is 356 g/mol. The number of carbonyl (C=O) groups is 1. The predicted molar refractivity (Wildman–Crippen MR) is 96.3 cm³/mol. The molecule has 1 unspecified atom stereocenters. The van der Waals surface area contributed by atoms with E-state index in [1.807, 2.05) is 30.2 Å². The molecule has 1 aliphatic carbocycles. The summed E-state index contributed by atoms with van der Waals surface area (Å²) in [6.45, 7) is 1.01. The molecule has 0 bridgehead atoms. The van der Waals surface area contributed by atoms with Crippen molar-refractivity contribution < 1.29 is 4.79 Å². The first kappa shape index (κ1) is 17.0. The van der Waals surface area contributed by atoms with Crippen LogP contribution in [0.2, 0.25) is 0 Å². The third-order valence-electron chi connectivity index (χ3n) is 6.10. The van der Waals surface area contributed by atoms with Crippen molar-refractivity contribution in [2.24, 2.45) is 17.3 Å². The van der Waals surface area contributed by atoms with E-state index < -0.39 is 28.6 Å². The van der Waals surface area contributed by atoms with Crippen LogP contribution in [0.25, 0.3) is 0 Å². The fourth-order valence-corrected chi connectivity index (χ4v) is 4.92. The summed E-state index contributed by atoms with van der Waals surface area (Å²) in [5.41, 5.74) is -2.16. The fraction of sp³-hybridized carbons (Fsp3) is 0.350. The van der Waals surface area contributed by atoms with Gasteiger partial charge in [-0.3, -0.25) is 4.79 Å². The highest BCUT2D eigenvalue weighted by Crippen LogP contribution is 2.61. The summed E-state index contributed by atoms with van der Waals surface area (Å²) >= 11 is 0. The summed E-state index contributed by atoms with van der Waals surface area (Å²) in [5, 5.41) is 41.4. The highest BCUT2D eigenvalue weighted by molar-refractivity contribution is 6.16. The Kier molecular flexibility index (Phi) is 3.46. The number of nitriles is 3. The van der Waals surface area contributed by atoms with Crippen molar-refractivity contribution in [1.29, 1.82) is 21.2 Å². The molecule has 27 heavy (non-hydrogen) atoms. The van der Waals surface area contributed by atoms with Gasteiger partial charge in [0.15, 0.2) is 0 Å². The van der Waals surface area contributed by atoms with Crippen LogP contribution in [-0.4, -0.2) is 36.7 Å². The lowest BCUT2D eigenvalue weighted by molar-refractivity contribution is -0.125. The molecule has 2 N–H and O–H groups in total. The predicted octanol–water partition coefficient (Wildman–Crippen LogP) is 1.57. The number of nitrogens with zero attached hydrogens (tertiary/aromatic N) is 4. The van der Waals surface area contributed by atoms with Crippen LogP contribution < -0.4 is 5.32 Å². The van der Waals surface area contributed by atoms with Crippen molar-refractivity contribution in [2.75, 3.05) is 25.5 Å². The first-order chi connectivity index (χ1) is 13.0. The second kappa shape index (κ2) is 5.51. The molecule has 1 amide bonds. The van der Waals surface area contributed by atoms with Gasteiger partial charge in [0.05, 0.1) is 23.9 Å². The summed E-state index contributed by atoms with van der Waals surface area (Å²) < 4.78 is 0. The van der Waals surface area contributed by atoms with E-state index in [9.17, 15) is 20.6 Å². The zero-order chi connectivity index (χ0) is 19.4. The van der Waals surface area contributed by atoms with Gasteiger partial charge < -0.3 is 15.6 Å². The molecule has 3 atom stereocenters. The largest absolute Gasteiger partial charge is 0.325 e. The Morgan fingerprint density at radius 3 is 2.63 bits per heavy atom. The molecule has 7 nitrogen and oxygen atoms in total. The average Bonchev–Trinajstić information content (AvgIpc) is 2.97. The Bertz CT molecular complexity index is 1020. The summed E-state index contributed by atoms with van der Waals surface area (Å²) in [6, 6.07) is 13.1. The lowest BCUT2D eigenvalue weighted by Gasteiger charge is -2.52. The second-order valence-electron chi connectivity index (χ2n) is 7.24. The number of nitrogens with one attached hydrogen (secondary N) is 2. The third kappa shape index (κ3) is 1.76. The van der Waals surface area contributed by atoms with Crippen LogP contribution in [0.5, 0.6) is 0 Å². The Morgan fingerprint density at radius 1 is 1.26 bits per heavy atom. The number of para-hydroxylation sites is 1. The van der Waals surface area contributed by atoms with Gasteiger partial charge in [0, 0.05) is 24.7 Å². The number of hydrogen-bond acceptors (Lipinski definition) is 6. The molecule has 7 heteroatoms. The van der Waals surface area contributed by atoms with Crippen LogP contribution >= 0.6 is 0 Å². The van der Waals surface area contributed by atoms with Crippen LogP contribution in [0.3, 0.4) is 0 Å². The van der Waals surface area contributed by atoms with Gasteiger partial charge in [0.1, 0.15) is 11.3 Å². The summed E-state index contributed by atoms with van der Waals surface area (Å²) in [5.74, 6) is -1.98. The number of anilines is 1. The van der Waals surface area contributed by atoms with Crippen LogP contribution in [0.15, 0.2) is 35.9 Å². The lowest BCUT2D eigenvalue weighted by atomic mass is 9.45. The number of benzene rings is 1. The molecule has 0 saturated heterocycles. The minimum atomic E-state index is -2.05. The van der Waals surface area contributed by atoms with Crippen LogP contribution in [-0.2, 0) is 10.2 Å². The van der Waals surface area contributed by atoms with Gasteiger partial charge in [0.25, 0.3) is 0 Å². The molecule has 3 aliphatic rings. The van der Waals surface area contributed by atoms with Gasteiger partial charge in [-0.15, -0.1) is 0 Å². The Hall–Kier alpha value is -3.47. The number of rotatable bonds is 0. The topological polar surface area (TPSA) is 128 Å². The molecule has 1 aromatic rings. The van der Waals surface area contributed by atoms with Crippen molar-refractivity contribution in [3.8, 4) is 18.2 Å². The maximum atomic E-state index is 13.4. The van der Waals surface area contributed by atoms with Crippen molar-refractivity contribution in [3.05, 3.63) is 41.5 Å². The zero-order valence-corrected chi connectivity index (χ0v) is 14.7. The standard InChI is InChI=1S/C20H16N6O/c1-26-7-6-12-13(8-21)17(24)19(10-22,11-23)20(15(12)9-26)14-4-2-3-5-16(14)25-18(20)27/h2-6,13,15,24H,7,9H2,1H3,(H,25,27)/t13?,15-,20-/m1/s1. The normalized spacial score (nSPS) is 31.0. The zero-order valence-electron chi connectivity index (χ0n) is 14.7. The van der Waals surface area contributed by atoms with Gasteiger partial charge in [0.2, 0.25) is 11.3 Å². The SMILES string of the molecule is CN1CC=C2C(C#N)C(=N)C(C#N)(C#N)[C@@]3(C(=O)Nc4ccccc43)[C@@H]2C1. The lowest BCUT2D eigenvalue weighted by Crippen LogP contribution is -2.66. The summed E-state index contributed by atoms with van der Waals surface area (Å²) in [6.07, 6.45) is 1.87. The van der Waals surface area contributed by atoms with Crippen molar-refractivity contribution in [2.45, 2.75) is 5.41 Å². The van der Waals surface area contributed by atoms with Gasteiger partial charge in [-0.2, -0.15) is 15.8 Å². The molecular weight excluding hydrogens is 340 g/mol. The van der Waals surface area contributed by atoms with Crippen LogP contribution in [0, 0.1) is 56.7 Å². The maximum absolute atomic E-state index is 13.4. The van der Waals surface area contributed by atoms with Crippen LogP contribution in [0.1, 0.15) is 5.56 Å². The van der Waals surface area contributed by atoms with E-state index in [1.165, 1.54) is 0 Å². The number of fused-ring (bicyclic) bond motifs is 4. The summed E-state index contributed by atoms with van der Waals surface area (Å²) in [4.78, 5) is 15.4. The van der Waals surface area contributed by atoms with Crippen LogP contribution in [0.4, 0.5) is 5.69 Å². The highest BCUT2D eigenvalue weighted by Gasteiger charge is 2.73. The van der Waals surface area contributed by atoms with Crippen molar-refractivity contribution in [3.63, 3.8) is 0 Å². The molecule has 2 aliphatic heterocycles.